The van der Waals surface area contributed by atoms with Crippen LogP contribution in [0.5, 0.6) is 0 Å². The van der Waals surface area contributed by atoms with Gasteiger partial charge in [-0.2, -0.15) is 0 Å². The van der Waals surface area contributed by atoms with Crippen LogP contribution in [-0.4, -0.2) is 30.8 Å². The quantitative estimate of drug-likeness (QED) is 0.414. The van der Waals surface area contributed by atoms with E-state index in [0.717, 1.165) is 25.5 Å². The molecule has 138 valence electrons. The van der Waals surface area contributed by atoms with Gasteiger partial charge in [-0.15, -0.1) is 0 Å². The molecule has 0 aliphatic carbocycles. The van der Waals surface area contributed by atoms with E-state index in [1.54, 1.807) is 6.20 Å². The van der Waals surface area contributed by atoms with Crippen molar-refractivity contribution in [2.75, 3.05) is 5.73 Å². The number of hydrogen-bond donors (Lipinski definition) is 1. The largest absolute Gasteiger partial charge is 0.443 e. The summed E-state index contributed by atoms with van der Waals surface area (Å²) in [6, 6.07) is 7.69. The van der Waals surface area contributed by atoms with Crippen molar-refractivity contribution in [3.05, 3.63) is 46.6 Å². The molecule has 1 aromatic carbocycles. The standard InChI is InChI=1S/C19H18IN5O2/c1-19(2,3)27-18(26)25-9-14(11-6-4-5-7-13(11)25)24-8-12(20)15-16(21)22-10-23-17(15)24/h4-10H,1-3H3,(H2,21,22,23). The highest BCUT2D eigenvalue weighted by molar-refractivity contribution is 14.1. The van der Waals surface area contributed by atoms with Crippen molar-refractivity contribution in [2.45, 2.75) is 26.4 Å². The molecule has 0 aliphatic rings. The predicted octanol–water partition coefficient (Wildman–Crippen LogP) is 4.35. The lowest BCUT2D eigenvalue weighted by atomic mass is 10.2. The van der Waals surface area contributed by atoms with E-state index in [4.69, 9.17) is 10.5 Å². The third-order valence-electron chi connectivity index (χ3n) is 4.11. The van der Waals surface area contributed by atoms with Gasteiger partial charge in [-0.25, -0.2) is 14.8 Å². The fourth-order valence-corrected chi connectivity index (χ4v) is 3.84. The van der Waals surface area contributed by atoms with E-state index in [0.29, 0.717) is 11.5 Å². The number of para-hydroxylation sites is 1. The number of nitrogen functional groups attached to an aromatic ring is 1. The molecule has 8 heteroatoms. The van der Waals surface area contributed by atoms with Gasteiger partial charge in [0.2, 0.25) is 0 Å². The van der Waals surface area contributed by atoms with Gasteiger partial charge in [0.05, 0.1) is 16.6 Å². The summed E-state index contributed by atoms with van der Waals surface area (Å²) >= 11 is 2.21. The molecule has 0 saturated heterocycles. The molecule has 0 fully saturated rings. The van der Waals surface area contributed by atoms with Crippen LogP contribution in [0, 0.1) is 3.57 Å². The smallest absolute Gasteiger partial charge is 0.419 e. The molecular formula is C19H18IN5O2. The first-order valence-corrected chi connectivity index (χ1v) is 9.45. The molecule has 0 radical (unpaired) electrons. The average molecular weight is 475 g/mol. The Kier molecular flexibility index (Phi) is 4.10. The number of hydrogen-bond acceptors (Lipinski definition) is 5. The highest BCUT2D eigenvalue weighted by Crippen LogP contribution is 2.32. The van der Waals surface area contributed by atoms with Crippen molar-refractivity contribution < 1.29 is 9.53 Å². The van der Waals surface area contributed by atoms with Crippen molar-refractivity contribution in [3.8, 4) is 5.69 Å². The summed E-state index contributed by atoms with van der Waals surface area (Å²) in [5, 5.41) is 1.71. The molecule has 0 aliphatic heterocycles. The topological polar surface area (TPSA) is 88.0 Å². The van der Waals surface area contributed by atoms with Crippen molar-refractivity contribution >= 4 is 56.4 Å². The fraction of sp³-hybridized carbons (Fsp3) is 0.211. The van der Waals surface area contributed by atoms with Crippen molar-refractivity contribution in [1.82, 2.24) is 19.1 Å². The zero-order chi connectivity index (χ0) is 19.3. The maximum absolute atomic E-state index is 12.7. The second kappa shape index (κ2) is 6.22. The lowest BCUT2D eigenvalue weighted by Gasteiger charge is -2.19. The van der Waals surface area contributed by atoms with Gasteiger partial charge in [-0.3, -0.25) is 9.13 Å². The maximum atomic E-state index is 12.7. The van der Waals surface area contributed by atoms with Gasteiger partial charge >= 0.3 is 6.09 Å². The second-order valence-corrected chi connectivity index (χ2v) is 8.35. The first-order chi connectivity index (χ1) is 12.8. The van der Waals surface area contributed by atoms with Crippen LogP contribution in [0.15, 0.2) is 43.0 Å². The molecule has 0 amide bonds. The second-order valence-electron chi connectivity index (χ2n) is 7.19. The fourth-order valence-electron chi connectivity index (χ4n) is 3.04. The monoisotopic (exact) mass is 475 g/mol. The van der Waals surface area contributed by atoms with Crippen LogP contribution >= 0.6 is 22.6 Å². The van der Waals surface area contributed by atoms with Crippen molar-refractivity contribution in [2.24, 2.45) is 0 Å². The van der Waals surface area contributed by atoms with Crippen LogP contribution in [0.25, 0.3) is 27.6 Å². The van der Waals surface area contributed by atoms with E-state index in [2.05, 4.69) is 32.6 Å². The first kappa shape index (κ1) is 17.8. The van der Waals surface area contributed by atoms with E-state index in [9.17, 15) is 4.79 Å². The normalized spacial score (nSPS) is 12.0. The minimum atomic E-state index is -0.584. The van der Waals surface area contributed by atoms with E-state index in [1.165, 1.54) is 10.9 Å². The third kappa shape index (κ3) is 3.03. The Morgan fingerprint density at radius 1 is 1.19 bits per heavy atom. The maximum Gasteiger partial charge on any atom is 0.419 e. The minimum absolute atomic E-state index is 0.426. The lowest BCUT2D eigenvalue weighted by molar-refractivity contribution is 0.0544. The summed E-state index contributed by atoms with van der Waals surface area (Å²) < 4.78 is 9.96. The summed E-state index contributed by atoms with van der Waals surface area (Å²) in [7, 11) is 0. The van der Waals surface area contributed by atoms with Crippen LogP contribution in [0.2, 0.25) is 0 Å². The number of halogens is 1. The number of aromatic nitrogens is 4. The number of carbonyl (C=O) groups is 1. The first-order valence-electron chi connectivity index (χ1n) is 8.37. The van der Waals surface area contributed by atoms with E-state index in [1.807, 2.05) is 55.8 Å². The minimum Gasteiger partial charge on any atom is -0.443 e. The van der Waals surface area contributed by atoms with Gasteiger partial charge in [0.1, 0.15) is 17.7 Å². The van der Waals surface area contributed by atoms with Crippen LogP contribution < -0.4 is 5.73 Å². The van der Waals surface area contributed by atoms with Crippen molar-refractivity contribution in [3.63, 3.8) is 0 Å². The number of benzene rings is 1. The summed E-state index contributed by atoms with van der Waals surface area (Å²) in [6.07, 6.45) is 4.73. The summed E-state index contributed by atoms with van der Waals surface area (Å²) in [5.41, 5.74) is 7.73. The highest BCUT2D eigenvalue weighted by atomic mass is 127. The van der Waals surface area contributed by atoms with Gasteiger partial charge in [0.25, 0.3) is 0 Å². The molecule has 0 atom stereocenters. The molecule has 27 heavy (non-hydrogen) atoms. The Bertz CT molecular complexity index is 1190. The molecule has 0 spiro atoms. The molecule has 2 N–H and O–H groups in total. The number of nitrogens with two attached hydrogens (primary N) is 1. The Morgan fingerprint density at radius 3 is 2.67 bits per heavy atom. The van der Waals surface area contributed by atoms with Gasteiger partial charge in [-0.05, 0) is 49.4 Å². The third-order valence-corrected chi connectivity index (χ3v) is 4.92. The molecule has 4 rings (SSSR count). The summed E-state index contributed by atoms with van der Waals surface area (Å²) in [6.45, 7) is 5.54. The molecular weight excluding hydrogens is 457 g/mol. The number of ether oxygens (including phenoxy) is 1. The van der Waals surface area contributed by atoms with Gasteiger partial charge in [-0.1, -0.05) is 18.2 Å². The van der Waals surface area contributed by atoms with Crippen LogP contribution in [0.4, 0.5) is 10.6 Å². The van der Waals surface area contributed by atoms with Crippen LogP contribution in [0.1, 0.15) is 20.8 Å². The SMILES string of the molecule is CC(C)(C)OC(=O)n1cc(-n2cc(I)c3c(N)ncnc32)c2ccccc21. The molecule has 3 heterocycles. The summed E-state index contributed by atoms with van der Waals surface area (Å²) in [4.78, 5) is 21.2. The lowest BCUT2D eigenvalue weighted by Crippen LogP contribution is -2.26. The van der Waals surface area contributed by atoms with Crippen molar-refractivity contribution in [1.29, 1.82) is 0 Å². The molecule has 0 unspecified atom stereocenters. The zero-order valence-electron chi connectivity index (χ0n) is 15.1. The Balaban J connectivity index is 1.97. The molecule has 3 aromatic heterocycles. The Morgan fingerprint density at radius 2 is 1.93 bits per heavy atom. The molecule has 0 bridgehead atoms. The molecule has 4 aromatic rings. The molecule has 7 nitrogen and oxygen atoms in total. The van der Waals surface area contributed by atoms with E-state index in [-0.39, 0.29) is 0 Å². The number of nitrogens with zero attached hydrogens (tertiary/aromatic N) is 4. The van der Waals surface area contributed by atoms with Crippen LogP contribution in [0.3, 0.4) is 0 Å². The zero-order valence-corrected chi connectivity index (χ0v) is 17.3. The highest BCUT2D eigenvalue weighted by Gasteiger charge is 2.22. The number of fused-ring (bicyclic) bond motifs is 2. The Labute approximate surface area is 169 Å². The van der Waals surface area contributed by atoms with E-state index < -0.39 is 11.7 Å². The van der Waals surface area contributed by atoms with Gasteiger partial charge in [0.15, 0.2) is 5.65 Å². The van der Waals surface area contributed by atoms with Gasteiger partial charge < -0.3 is 10.5 Å². The summed E-state index contributed by atoms with van der Waals surface area (Å²) in [5.74, 6) is 0.430. The Hall–Kier alpha value is -2.62. The van der Waals surface area contributed by atoms with E-state index >= 15 is 0 Å². The number of rotatable bonds is 1. The van der Waals surface area contributed by atoms with Crippen LogP contribution in [-0.2, 0) is 4.74 Å². The van der Waals surface area contributed by atoms with Gasteiger partial charge in [0, 0.05) is 21.4 Å². The molecule has 0 saturated carbocycles. The predicted molar refractivity (Wildman–Crippen MR) is 113 cm³/mol. The number of anilines is 1. The number of carbonyl (C=O) groups excluding carboxylic acids is 1. The average Bonchev–Trinajstić information content (AvgIpc) is 3.12.